The number of carbonyl (C=O) groups excluding carboxylic acids is 1. The molecule has 0 aliphatic carbocycles. The van der Waals surface area contributed by atoms with Gasteiger partial charge in [-0.3, -0.25) is 4.79 Å². The summed E-state index contributed by atoms with van der Waals surface area (Å²) in [5, 5.41) is 0.628. The molecule has 2 aromatic rings. The van der Waals surface area contributed by atoms with E-state index < -0.39 is 5.82 Å². The van der Waals surface area contributed by atoms with E-state index in [1.807, 2.05) is 0 Å². The summed E-state index contributed by atoms with van der Waals surface area (Å²) in [7, 11) is 1.73. The number of ketones is 1. The Hall–Kier alpha value is -1.75. The highest BCUT2D eigenvalue weighted by Crippen LogP contribution is 2.18. The molecule has 2 N–H and O–H groups in total. The molecule has 5 heteroatoms. The van der Waals surface area contributed by atoms with Crippen LogP contribution in [0.4, 0.5) is 4.39 Å². The van der Waals surface area contributed by atoms with Crippen molar-refractivity contribution in [2.75, 3.05) is 6.54 Å². The van der Waals surface area contributed by atoms with E-state index >= 15 is 0 Å². The summed E-state index contributed by atoms with van der Waals surface area (Å²) in [5.74, 6) is -0.459. The van der Waals surface area contributed by atoms with Gasteiger partial charge in [0.1, 0.15) is 11.5 Å². The van der Waals surface area contributed by atoms with Crippen molar-refractivity contribution >= 4 is 16.8 Å². The van der Waals surface area contributed by atoms with E-state index in [0.717, 1.165) is 6.20 Å². The largest absolute Gasteiger partial charge is 0.330 e. The van der Waals surface area contributed by atoms with E-state index in [0.29, 0.717) is 23.3 Å². The third-order valence-electron chi connectivity index (χ3n) is 2.49. The first-order valence-corrected chi connectivity index (χ1v) is 4.97. The van der Waals surface area contributed by atoms with Gasteiger partial charge in [0.05, 0.1) is 11.9 Å². The van der Waals surface area contributed by atoms with Crippen LogP contribution in [0.3, 0.4) is 0 Å². The number of Topliss-reactive ketones (excluding diaryl/α,β-unsaturated/α-hetero) is 1. The van der Waals surface area contributed by atoms with Crippen LogP contribution in [0.2, 0.25) is 0 Å². The van der Waals surface area contributed by atoms with Gasteiger partial charge in [-0.1, -0.05) is 0 Å². The third-order valence-corrected chi connectivity index (χ3v) is 2.49. The topological polar surface area (TPSA) is 60.9 Å². The lowest BCUT2D eigenvalue weighted by atomic mass is 10.2. The molecule has 0 aliphatic rings. The second kappa shape index (κ2) is 4.02. The smallest absolute Gasteiger partial charge is 0.180 e. The van der Waals surface area contributed by atoms with Crippen molar-refractivity contribution < 1.29 is 9.18 Å². The Bertz CT molecular complexity index is 547. The van der Waals surface area contributed by atoms with Crippen LogP contribution in [-0.4, -0.2) is 21.9 Å². The van der Waals surface area contributed by atoms with Crippen LogP contribution in [0.15, 0.2) is 18.3 Å². The Balaban J connectivity index is 2.55. The number of pyridine rings is 1. The van der Waals surface area contributed by atoms with Crippen molar-refractivity contribution in [3.63, 3.8) is 0 Å². The molecule has 0 unspecified atom stereocenters. The molecule has 2 heterocycles. The Morgan fingerprint density at radius 3 is 3.00 bits per heavy atom. The van der Waals surface area contributed by atoms with Crippen LogP contribution >= 0.6 is 0 Å². The molecule has 0 aromatic carbocycles. The van der Waals surface area contributed by atoms with E-state index in [1.165, 1.54) is 6.07 Å². The van der Waals surface area contributed by atoms with Crippen LogP contribution in [0.1, 0.15) is 16.9 Å². The van der Waals surface area contributed by atoms with Gasteiger partial charge in [-0.15, -0.1) is 0 Å². The molecular weight excluding hydrogens is 209 g/mol. The van der Waals surface area contributed by atoms with Gasteiger partial charge in [-0.25, -0.2) is 9.37 Å². The number of hydrogen-bond acceptors (Lipinski definition) is 3. The standard InChI is InChI=1S/C11H12FN3O/c1-15-9(10(16)2-3-13)5-7-4-8(12)6-14-11(7)15/h4-6H,2-3,13H2,1H3. The van der Waals surface area contributed by atoms with Crippen LogP contribution in [0.5, 0.6) is 0 Å². The summed E-state index contributed by atoms with van der Waals surface area (Å²) in [6.07, 6.45) is 1.42. The van der Waals surface area contributed by atoms with Gasteiger partial charge in [0.25, 0.3) is 0 Å². The number of hydrogen-bond donors (Lipinski definition) is 1. The molecule has 4 nitrogen and oxygen atoms in total. The summed E-state index contributed by atoms with van der Waals surface area (Å²) in [6.45, 7) is 0.308. The zero-order valence-electron chi connectivity index (χ0n) is 8.90. The minimum absolute atomic E-state index is 0.0524. The highest BCUT2D eigenvalue weighted by Gasteiger charge is 2.13. The fourth-order valence-electron chi connectivity index (χ4n) is 1.72. The third kappa shape index (κ3) is 1.69. The number of rotatable bonds is 3. The molecule has 0 fully saturated rings. The molecule has 0 radical (unpaired) electrons. The van der Waals surface area contributed by atoms with Crippen molar-refractivity contribution in [1.82, 2.24) is 9.55 Å². The molecule has 2 aromatic heterocycles. The number of nitrogens with zero attached hydrogens (tertiary/aromatic N) is 2. The molecular formula is C11H12FN3O. The average molecular weight is 221 g/mol. The molecule has 0 aliphatic heterocycles. The number of aromatic nitrogens is 2. The quantitative estimate of drug-likeness (QED) is 0.793. The second-order valence-corrected chi connectivity index (χ2v) is 3.62. The lowest BCUT2D eigenvalue weighted by Crippen LogP contribution is -2.11. The Morgan fingerprint density at radius 1 is 1.56 bits per heavy atom. The number of fused-ring (bicyclic) bond motifs is 1. The van der Waals surface area contributed by atoms with Crippen molar-refractivity contribution in [3.8, 4) is 0 Å². The van der Waals surface area contributed by atoms with E-state index in [9.17, 15) is 9.18 Å². The first-order valence-electron chi connectivity index (χ1n) is 4.97. The van der Waals surface area contributed by atoms with E-state index in [2.05, 4.69) is 4.98 Å². The van der Waals surface area contributed by atoms with Crippen molar-refractivity contribution in [1.29, 1.82) is 0 Å². The Morgan fingerprint density at radius 2 is 2.31 bits per heavy atom. The van der Waals surface area contributed by atoms with Crippen molar-refractivity contribution in [2.24, 2.45) is 12.8 Å². The zero-order chi connectivity index (χ0) is 11.7. The van der Waals surface area contributed by atoms with E-state index in [-0.39, 0.29) is 12.2 Å². The maximum absolute atomic E-state index is 13.0. The van der Waals surface area contributed by atoms with Gasteiger partial charge in [0.2, 0.25) is 0 Å². The number of aryl methyl sites for hydroxylation is 1. The maximum atomic E-state index is 13.0. The summed E-state index contributed by atoms with van der Waals surface area (Å²) in [5.41, 5.74) is 6.44. The van der Waals surface area contributed by atoms with Crippen molar-refractivity contribution in [3.05, 3.63) is 29.8 Å². The van der Waals surface area contributed by atoms with Crippen LogP contribution in [-0.2, 0) is 7.05 Å². The van der Waals surface area contributed by atoms with Crippen molar-refractivity contribution in [2.45, 2.75) is 6.42 Å². The minimum atomic E-state index is -0.407. The van der Waals surface area contributed by atoms with E-state index in [1.54, 1.807) is 17.7 Å². The van der Waals surface area contributed by atoms with Gasteiger partial charge in [-0.2, -0.15) is 0 Å². The second-order valence-electron chi connectivity index (χ2n) is 3.62. The summed E-state index contributed by atoms with van der Waals surface area (Å²) in [6, 6.07) is 3.00. The predicted octanol–water partition coefficient (Wildman–Crippen LogP) is 1.24. The Kier molecular flexibility index (Phi) is 2.70. The molecule has 0 saturated heterocycles. The number of nitrogens with two attached hydrogens (primary N) is 1. The molecule has 0 amide bonds. The highest BCUT2D eigenvalue weighted by molar-refractivity contribution is 5.99. The van der Waals surface area contributed by atoms with Crippen LogP contribution in [0, 0.1) is 5.82 Å². The van der Waals surface area contributed by atoms with Gasteiger partial charge >= 0.3 is 0 Å². The lowest BCUT2D eigenvalue weighted by Gasteiger charge is -2.01. The van der Waals surface area contributed by atoms with Gasteiger partial charge in [0.15, 0.2) is 5.78 Å². The fraction of sp³-hybridized carbons (Fsp3) is 0.273. The minimum Gasteiger partial charge on any atom is -0.330 e. The SMILES string of the molecule is Cn1c(C(=O)CCN)cc2cc(F)cnc21. The zero-order valence-corrected chi connectivity index (χ0v) is 8.90. The van der Waals surface area contributed by atoms with Gasteiger partial charge in [-0.05, 0) is 18.7 Å². The van der Waals surface area contributed by atoms with E-state index in [4.69, 9.17) is 5.73 Å². The molecule has 0 atom stereocenters. The predicted molar refractivity (Wildman–Crippen MR) is 58.7 cm³/mol. The van der Waals surface area contributed by atoms with Crippen LogP contribution < -0.4 is 5.73 Å². The van der Waals surface area contributed by atoms with Gasteiger partial charge < -0.3 is 10.3 Å². The lowest BCUT2D eigenvalue weighted by molar-refractivity contribution is 0.0978. The molecule has 0 spiro atoms. The number of halogens is 1. The fourth-order valence-corrected chi connectivity index (χ4v) is 1.72. The summed E-state index contributed by atoms with van der Waals surface area (Å²) < 4.78 is 14.6. The molecule has 0 bridgehead atoms. The monoisotopic (exact) mass is 221 g/mol. The molecule has 0 saturated carbocycles. The maximum Gasteiger partial charge on any atom is 0.180 e. The first kappa shape index (κ1) is 10.8. The van der Waals surface area contributed by atoms with Crippen LogP contribution in [0.25, 0.3) is 11.0 Å². The van der Waals surface area contributed by atoms with Gasteiger partial charge in [0, 0.05) is 18.9 Å². The summed E-state index contributed by atoms with van der Waals surface area (Å²) >= 11 is 0. The molecule has 2 rings (SSSR count). The first-order chi connectivity index (χ1) is 7.63. The molecule has 16 heavy (non-hydrogen) atoms. The normalized spacial score (nSPS) is 10.9. The molecule has 84 valence electrons. The number of carbonyl (C=O) groups is 1. The summed E-state index contributed by atoms with van der Waals surface area (Å²) in [4.78, 5) is 15.6. The Labute approximate surface area is 91.9 Å². The average Bonchev–Trinajstić information content (AvgIpc) is 2.56. The highest BCUT2D eigenvalue weighted by atomic mass is 19.1.